The second-order valence-corrected chi connectivity index (χ2v) is 9.89. The number of hydrogen-bond donors (Lipinski definition) is 3. The first-order chi connectivity index (χ1) is 14.3. The lowest BCUT2D eigenvalue weighted by Crippen LogP contribution is -2.45. The van der Waals surface area contributed by atoms with Gasteiger partial charge < -0.3 is 0 Å². The van der Waals surface area contributed by atoms with E-state index in [2.05, 4.69) is 36.5 Å². The molecule has 0 radical (unpaired) electrons. The minimum absolute atomic E-state index is 0.171. The molecule has 2 aromatic rings. The summed E-state index contributed by atoms with van der Waals surface area (Å²) in [6.45, 7) is 0.338. The topological polar surface area (TPSA) is 117 Å². The van der Waals surface area contributed by atoms with Crippen LogP contribution >= 0.6 is 15.9 Å². The molecule has 0 spiro atoms. The molecule has 1 saturated carbocycles. The standard InChI is InChI=1S/C20H23BrN4O4S/c21-17-7-9-18(10-8-17)30(28,29)23-12-14-3-5-15(6-4-14)19(26)24-25-20(27)16-2-1-11-22-13-16/h1-2,7-11,13-15,23H,3-6,12H2,(H,24,26)(H,25,27). The SMILES string of the molecule is O=C(NNC(=O)C1CCC(CNS(=O)(=O)c2ccc(Br)cc2)CC1)c1cccnc1. The van der Waals surface area contributed by atoms with Gasteiger partial charge in [-0.3, -0.25) is 25.4 Å². The van der Waals surface area contributed by atoms with Crippen LogP contribution in [0.25, 0.3) is 0 Å². The molecular weight excluding hydrogens is 472 g/mol. The fraction of sp³-hybridized carbons (Fsp3) is 0.350. The Morgan fingerprint density at radius 1 is 1.03 bits per heavy atom. The van der Waals surface area contributed by atoms with Gasteiger partial charge in [0.05, 0.1) is 10.5 Å². The number of aromatic nitrogens is 1. The number of hydrogen-bond acceptors (Lipinski definition) is 5. The highest BCUT2D eigenvalue weighted by atomic mass is 79.9. The summed E-state index contributed by atoms with van der Waals surface area (Å²) in [6, 6.07) is 9.72. The number of benzene rings is 1. The molecule has 1 heterocycles. The molecule has 3 rings (SSSR count). The van der Waals surface area contributed by atoms with Gasteiger partial charge >= 0.3 is 0 Å². The molecule has 2 amide bonds. The summed E-state index contributed by atoms with van der Waals surface area (Å²) in [4.78, 5) is 28.4. The highest BCUT2D eigenvalue weighted by Gasteiger charge is 2.27. The molecule has 1 aliphatic rings. The highest BCUT2D eigenvalue weighted by Crippen LogP contribution is 2.28. The van der Waals surface area contributed by atoms with Crippen LogP contribution in [-0.2, 0) is 14.8 Å². The van der Waals surface area contributed by atoms with Crippen molar-refractivity contribution in [3.63, 3.8) is 0 Å². The molecule has 8 nitrogen and oxygen atoms in total. The van der Waals surface area contributed by atoms with Gasteiger partial charge in [0, 0.05) is 29.3 Å². The van der Waals surface area contributed by atoms with Gasteiger partial charge in [0.25, 0.3) is 5.91 Å². The molecule has 0 aliphatic heterocycles. The molecule has 1 fully saturated rings. The van der Waals surface area contributed by atoms with Crippen molar-refractivity contribution in [2.24, 2.45) is 11.8 Å². The minimum Gasteiger partial charge on any atom is -0.273 e. The van der Waals surface area contributed by atoms with E-state index in [1.54, 1.807) is 42.6 Å². The zero-order valence-electron chi connectivity index (χ0n) is 16.2. The number of sulfonamides is 1. The van der Waals surface area contributed by atoms with Crippen molar-refractivity contribution in [2.45, 2.75) is 30.6 Å². The molecule has 0 unspecified atom stereocenters. The highest BCUT2D eigenvalue weighted by molar-refractivity contribution is 9.10. The van der Waals surface area contributed by atoms with Gasteiger partial charge in [0.2, 0.25) is 15.9 Å². The van der Waals surface area contributed by atoms with Gasteiger partial charge in [-0.05, 0) is 68.0 Å². The maximum atomic E-state index is 12.4. The van der Waals surface area contributed by atoms with Crippen LogP contribution in [0, 0.1) is 11.8 Å². The van der Waals surface area contributed by atoms with Gasteiger partial charge in [-0.15, -0.1) is 0 Å². The van der Waals surface area contributed by atoms with Gasteiger partial charge in [-0.1, -0.05) is 15.9 Å². The first-order valence-corrected chi connectivity index (χ1v) is 11.9. The summed E-state index contributed by atoms with van der Waals surface area (Å²) in [5, 5.41) is 0. The zero-order chi connectivity index (χ0) is 21.6. The van der Waals surface area contributed by atoms with E-state index in [4.69, 9.17) is 0 Å². The first kappa shape index (κ1) is 22.4. The van der Waals surface area contributed by atoms with Crippen LogP contribution in [0.3, 0.4) is 0 Å². The Balaban J connectivity index is 1.41. The van der Waals surface area contributed by atoms with Crippen molar-refractivity contribution >= 4 is 37.8 Å². The number of amides is 2. The Bertz CT molecular complexity index is 976. The molecule has 1 aromatic heterocycles. The summed E-state index contributed by atoms with van der Waals surface area (Å²) in [7, 11) is -3.55. The maximum absolute atomic E-state index is 12.4. The monoisotopic (exact) mass is 494 g/mol. The quantitative estimate of drug-likeness (QED) is 0.532. The maximum Gasteiger partial charge on any atom is 0.271 e. The van der Waals surface area contributed by atoms with E-state index in [0.29, 0.717) is 24.9 Å². The van der Waals surface area contributed by atoms with Crippen LogP contribution in [0.2, 0.25) is 0 Å². The van der Waals surface area contributed by atoms with Crippen molar-refractivity contribution in [3.8, 4) is 0 Å². The zero-order valence-corrected chi connectivity index (χ0v) is 18.6. The van der Waals surface area contributed by atoms with E-state index in [0.717, 1.165) is 17.3 Å². The third-order valence-electron chi connectivity index (χ3n) is 5.13. The summed E-state index contributed by atoms with van der Waals surface area (Å²) < 4.78 is 28.3. The van der Waals surface area contributed by atoms with E-state index in [1.165, 1.54) is 6.20 Å². The van der Waals surface area contributed by atoms with Crippen molar-refractivity contribution in [3.05, 3.63) is 58.8 Å². The third-order valence-corrected chi connectivity index (χ3v) is 7.09. The summed E-state index contributed by atoms with van der Waals surface area (Å²) in [6.07, 6.45) is 5.72. The van der Waals surface area contributed by atoms with E-state index in [-0.39, 0.29) is 22.6 Å². The van der Waals surface area contributed by atoms with E-state index >= 15 is 0 Å². The van der Waals surface area contributed by atoms with Gasteiger partial charge in [0.15, 0.2) is 0 Å². The van der Waals surface area contributed by atoms with Crippen molar-refractivity contribution in [2.75, 3.05) is 6.54 Å². The van der Waals surface area contributed by atoms with Crippen LogP contribution in [0.15, 0.2) is 58.2 Å². The predicted molar refractivity (Wildman–Crippen MR) is 115 cm³/mol. The average Bonchev–Trinajstić information content (AvgIpc) is 2.77. The van der Waals surface area contributed by atoms with Crippen LogP contribution in [0.5, 0.6) is 0 Å². The minimum atomic E-state index is -3.55. The normalized spacial score (nSPS) is 19.1. The van der Waals surface area contributed by atoms with E-state index < -0.39 is 15.9 Å². The van der Waals surface area contributed by atoms with Crippen LogP contribution < -0.4 is 15.6 Å². The smallest absolute Gasteiger partial charge is 0.271 e. The van der Waals surface area contributed by atoms with Gasteiger partial charge in [0.1, 0.15) is 0 Å². The molecule has 0 saturated heterocycles. The Labute approximate surface area is 184 Å². The Morgan fingerprint density at radius 2 is 1.73 bits per heavy atom. The number of pyridine rings is 1. The number of carbonyl (C=O) groups excluding carboxylic acids is 2. The molecule has 3 N–H and O–H groups in total. The van der Waals surface area contributed by atoms with Gasteiger partial charge in [-0.25, -0.2) is 13.1 Å². The second kappa shape index (κ2) is 10.1. The Hall–Kier alpha value is -2.30. The number of hydrazine groups is 1. The van der Waals surface area contributed by atoms with E-state index in [9.17, 15) is 18.0 Å². The van der Waals surface area contributed by atoms with Crippen molar-refractivity contribution in [1.82, 2.24) is 20.6 Å². The molecule has 30 heavy (non-hydrogen) atoms. The number of rotatable bonds is 6. The number of halogens is 1. The van der Waals surface area contributed by atoms with Gasteiger partial charge in [-0.2, -0.15) is 0 Å². The molecule has 160 valence electrons. The summed E-state index contributed by atoms with van der Waals surface area (Å²) >= 11 is 3.29. The number of carbonyl (C=O) groups is 2. The van der Waals surface area contributed by atoms with Crippen LogP contribution in [0.1, 0.15) is 36.0 Å². The first-order valence-electron chi connectivity index (χ1n) is 9.60. The number of nitrogens with zero attached hydrogens (tertiary/aromatic N) is 1. The Morgan fingerprint density at radius 3 is 2.37 bits per heavy atom. The average molecular weight is 495 g/mol. The molecular formula is C20H23BrN4O4S. The largest absolute Gasteiger partial charge is 0.273 e. The van der Waals surface area contributed by atoms with Crippen molar-refractivity contribution < 1.29 is 18.0 Å². The molecule has 1 aliphatic carbocycles. The van der Waals surface area contributed by atoms with Crippen LogP contribution in [0.4, 0.5) is 0 Å². The summed E-state index contributed by atoms with van der Waals surface area (Å²) in [5.74, 6) is -0.698. The fourth-order valence-corrected chi connectivity index (χ4v) is 4.72. The van der Waals surface area contributed by atoms with E-state index in [1.807, 2.05) is 0 Å². The lowest BCUT2D eigenvalue weighted by atomic mass is 9.82. The molecule has 10 heteroatoms. The molecule has 0 atom stereocenters. The second-order valence-electron chi connectivity index (χ2n) is 7.21. The van der Waals surface area contributed by atoms with Crippen molar-refractivity contribution in [1.29, 1.82) is 0 Å². The Kier molecular flexibility index (Phi) is 7.57. The third kappa shape index (κ3) is 6.10. The molecule has 0 bridgehead atoms. The molecule has 1 aromatic carbocycles. The lowest BCUT2D eigenvalue weighted by Gasteiger charge is -2.27. The summed E-state index contributed by atoms with van der Waals surface area (Å²) in [5.41, 5.74) is 5.23. The lowest BCUT2D eigenvalue weighted by molar-refractivity contribution is -0.127. The number of nitrogens with one attached hydrogen (secondary N) is 3. The van der Waals surface area contributed by atoms with Crippen LogP contribution in [-0.4, -0.2) is 31.8 Å². The fourth-order valence-electron chi connectivity index (χ4n) is 3.34. The predicted octanol–water partition coefficient (Wildman–Crippen LogP) is 2.39.